The quantitative estimate of drug-likeness (QED) is 0.704. The number of aromatic nitrogens is 2. The van der Waals surface area contributed by atoms with Crippen molar-refractivity contribution in [2.75, 3.05) is 31.8 Å². The van der Waals surface area contributed by atoms with E-state index in [1.54, 1.807) is 24.4 Å². The lowest BCUT2D eigenvalue weighted by Gasteiger charge is -2.28. The average Bonchev–Trinajstić information content (AvgIpc) is 2.86. The van der Waals surface area contributed by atoms with Crippen LogP contribution < -0.4 is 0 Å². The Morgan fingerprint density at radius 1 is 1.41 bits per heavy atom. The van der Waals surface area contributed by atoms with Crippen molar-refractivity contribution in [2.24, 2.45) is 0 Å². The number of sulfone groups is 1. The Balaban J connectivity index is 1.97. The summed E-state index contributed by atoms with van der Waals surface area (Å²) >= 11 is 0. The third-order valence-corrected chi connectivity index (χ3v) is 5.50. The van der Waals surface area contributed by atoms with Crippen LogP contribution in [0.25, 0.3) is 0 Å². The predicted molar refractivity (Wildman–Crippen MR) is 81.0 cm³/mol. The van der Waals surface area contributed by atoms with Gasteiger partial charge in [-0.05, 0) is 18.4 Å². The van der Waals surface area contributed by atoms with Gasteiger partial charge in [-0.25, -0.2) is 18.4 Å². The Hall–Kier alpha value is -1.54. The molecular formula is C14H21N3O4S. The van der Waals surface area contributed by atoms with Crippen molar-refractivity contribution >= 4 is 15.7 Å². The largest absolute Gasteiger partial charge is 0.383 e. The molecule has 1 aromatic rings. The molecule has 1 unspecified atom stereocenters. The van der Waals surface area contributed by atoms with Crippen LogP contribution in [-0.4, -0.2) is 67.0 Å². The second kappa shape index (κ2) is 7.64. The van der Waals surface area contributed by atoms with Crippen LogP contribution in [0.1, 0.15) is 18.4 Å². The Labute approximate surface area is 130 Å². The number of carbonyl (C=O) groups is 1. The minimum absolute atomic E-state index is 0.0525. The van der Waals surface area contributed by atoms with E-state index < -0.39 is 9.84 Å². The zero-order chi connectivity index (χ0) is 16.0. The van der Waals surface area contributed by atoms with Gasteiger partial charge in [-0.3, -0.25) is 4.79 Å². The van der Waals surface area contributed by atoms with Gasteiger partial charge in [0.1, 0.15) is 6.33 Å². The van der Waals surface area contributed by atoms with E-state index >= 15 is 0 Å². The lowest BCUT2D eigenvalue weighted by Crippen LogP contribution is -2.43. The fourth-order valence-corrected chi connectivity index (χ4v) is 4.31. The van der Waals surface area contributed by atoms with E-state index in [9.17, 15) is 13.2 Å². The summed E-state index contributed by atoms with van der Waals surface area (Å²) in [5, 5.41) is 0. The minimum atomic E-state index is -3.02. The summed E-state index contributed by atoms with van der Waals surface area (Å²) in [7, 11) is -1.46. The third-order valence-electron chi connectivity index (χ3n) is 3.75. The maximum absolute atomic E-state index is 12.5. The topological polar surface area (TPSA) is 89.5 Å². The third kappa shape index (κ3) is 4.74. The molecule has 0 N–H and O–H groups in total. The summed E-state index contributed by atoms with van der Waals surface area (Å²) in [6.07, 6.45) is 6.17. The normalized spacial score (nSPS) is 20.0. The summed E-state index contributed by atoms with van der Waals surface area (Å²) in [4.78, 5) is 21.9. The molecule has 22 heavy (non-hydrogen) atoms. The fraction of sp³-hybridized carbons (Fsp3) is 0.643. The van der Waals surface area contributed by atoms with Gasteiger partial charge in [0, 0.05) is 38.5 Å². The number of ether oxygens (including phenoxy) is 1. The van der Waals surface area contributed by atoms with E-state index in [1.165, 1.54) is 6.33 Å². The molecule has 1 fully saturated rings. The molecule has 2 heterocycles. The second-order valence-electron chi connectivity index (χ2n) is 5.38. The molecule has 2 rings (SSSR count). The van der Waals surface area contributed by atoms with Gasteiger partial charge in [-0.2, -0.15) is 0 Å². The van der Waals surface area contributed by atoms with Crippen LogP contribution >= 0.6 is 0 Å². The van der Waals surface area contributed by atoms with Gasteiger partial charge in [0.05, 0.1) is 18.1 Å². The highest BCUT2D eigenvalue weighted by Gasteiger charge is 2.34. The lowest BCUT2D eigenvalue weighted by atomic mass is 10.1. The first-order valence-corrected chi connectivity index (χ1v) is 9.06. The first-order chi connectivity index (χ1) is 10.5. The van der Waals surface area contributed by atoms with Crippen molar-refractivity contribution in [3.63, 3.8) is 0 Å². The Bertz CT molecular complexity index is 591. The van der Waals surface area contributed by atoms with E-state index in [1.807, 2.05) is 0 Å². The lowest BCUT2D eigenvalue weighted by molar-refractivity contribution is -0.133. The van der Waals surface area contributed by atoms with Gasteiger partial charge in [0.2, 0.25) is 5.91 Å². The van der Waals surface area contributed by atoms with Gasteiger partial charge < -0.3 is 9.64 Å². The number of methoxy groups -OCH3 is 1. The van der Waals surface area contributed by atoms with E-state index in [2.05, 4.69) is 9.97 Å². The number of hydrogen-bond acceptors (Lipinski definition) is 6. The highest BCUT2D eigenvalue weighted by molar-refractivity contribution is 7.91. The monoisotopic (exact) mass is 327 g/mol. The van der Waals surface area contributed by atoms with Crippen LogP contribution in [0, 0.1) is 0 Å². The first-order valence-electron chi connectivity index (χ1n) is 7.24. The number of nitrogens with zero attached hydrogens (tertiary/aromatic N) is 3. The number of aryl methyl sites for hydroxylation is 1. The second-order valence-corrected chi connectivity index (χ2v) is 7.61. The first kappa shape index (κ1) is 16.8. The van der Waals surface area contributed by atoms with Crippen LogP contribution in [-0.2, 0) is 25.8 Å². The van der Waals surface area contributed by atoms with E-state index in [-0.39, 0.29) is 23.5 Å². The highest BCUT2D eigenvalue weighted by Crippen LogP contribution is 2.19. The molecule has 1 atom stereocenters. The molecule has 0 saturated carbocycles. The van der Waals surface area contributed by atoms with Crippen molar-refractivity contribution in [1.82, 2.24) is 14.9 Å². The maximum Gasteiger partial charge on any atom is 0.223 e. The zero-order valence-electron chi connectivity index (χ0n) is 12.6. The molecule has 1 aliphatic heterocycles. The van der Waals surface area contributed by atoms with Gasteiger partial charge in [0.15, 0.2) is 9.84 Å². The zero-order valence-corrected chi connectivity index (χ0v) is 13.5. The smallest absolute Gasteiger partial charge is 0.223 e. The molecule has 122 valence electrons. The Morgan fingerprint density at radius 3 is 2.73 bits per heavy atom. The molecule has 1 aromatic heterocycles. The number of rotatable bonds is 7. The van der Waals surface area contributed by atoms with Crippen molar-refractivity contribution < 1.29 is 17.9 Å². The van der Waals surface area contributed by atoms with Crippen LogP contribution in [0.3, 0.4) is 0 Å². The average molecular weight is 327 g/mol. The molecule has 0 radical (unpaired) electrons. The highest BCUT2D eigenvalue weighted by atomic mass is 32.2. The Kier molecular flexibility index (Phi) is 5.84. The maximum atomic E-state index is 12.5. The molecule has 7 nitrogen and oxygen atoms in total. The van der Waals surface area contributed by atoms with Crippen LogP contribution in [0.2, 0.25) is 0 Å². The van der Waals surface area contributed by atoms with Crippen molar-refractivity contribution in [3.05, 3.63) is 24.3 Å². The van der Waals surface area contributed by atoms with E-state index in [0.29, 0.717) is 32.4 Å². The molecule has 8 heteroatoms. The Morgan fingerprint density at radius 2 is 2.14 bits per heavy atom. The van der Waals surface area contributed by atoms with Crippen molar-refractivity contribution in [3.8, 4) is 0 Å². The van der Waals surface area contributed by atoms with Crippen LogP contribution in [0.15, 0.2) is 18.7 Å². The van der Waals surface area contributed by atoms with Gasteiger partial charge in [-0.1, -0.05) is 0 Å². The summed E-state index contributed by atoms with van der Waals surface area (Å²) in [6.45, 7) is 0.817. The number of amides is 1. The van der Waals surface area contributed by atoms with Crippen LogP contribution in [0.5, 0.6) is 0 Å². The van der Waals surface area contributed by atoms with Crippen molar-refractivity contribution in [2.45, 2.75) is 25.3 Å². The van der Waals surface area contributed by atoms with Gasteiger partial charge in [0.25, 0.3) is 0 Å². The predicted octanol–water partition coefficient (Wildman–Crippen LogP) is 0.0713. The summed E-state index contributed by atoms with van der Waals surface area (Å²) in [5.74, 6) is 0.153. The van der Waals surface area contributed by atoms with E-state index in [4.69, 9.17) is 4.74 Å². The number of hydrogen-bond donors (Lipinski definition) is 0. The standard InChI is InChI=1S/C14H21N3O4S/c1-21-6-5-17(13-4-7-22(19,20)10-13)14(18)3-2-12-8-15-11-16-9-12/h8-9,11,13H,2-7,10H2,1H3. The molecular weight excluding hydrogens is 306 g/mol. The van der Waals surface area contributed by atoms with E-state index in [0.717, 1.165) is 5.56 Å². The van der Waals surface area contributed by atoms with Crippen molar-refractivity contribution in [1.29, 1.82) is 0 Å². The molecule has 1 saturated heterocycles. The van der Waals surface area contributed by atoms with Crippen LogP contribution in [0.4, 0.5) is 0 Å². The summed E-state index contributed by atoms with van der Waals surface area (Å²) in [5.41, 5.74) is 0.890. The summed E-state index contributed by atoms with van der Waals surface area (Å²) < 4.78 is 28.3. The van der Waals surface area contributed by atoms with Gasteiger partial charge >= 0.3 is 0 Å². The minimum Gasteiger partial charge on any atom is -0.383 e. The SMILES string of the molecule is COCCN(C(=O)CCc1cncnc1)C1CCS(=O)(=O)C1. The molecule has 0 bridgehead atoms. The van der Waals surface area contributed by atoms with Gasteiger partial charge in [-0.15, -0.1) is 0 Å². The fourth-order valence-electron chi connectivity index (χ4n) is 2.58. The molecule has 1 amide bonds. The molecule has 0 aromatic carbocycles. The molecule has 1 aliphatic rings. The molecule has 0 aliphatic carbocycles. The molecule has 0 spiro atoms. The summed E-state index contributed by atoms with van der Waals surface area (Å²) in [6, 6.07) is -0.236. The number of carbonyl (C=O) groups excluding carboxylic acids is 1.